The van der Waals surface area contributed by atoms with Crippen molar-refractivity contribution in [3.05, 3.63) is 59.9 Å². The molecule has 3 aromatic heterocycles. The molecule has 0 unspecified atom stereocenters. The van der Waals surface area contributed by atoms with Crippen LogP contribution in [0.2, 0.25) is 0 Å². The van der Waals surface area contributed by atoms with Crippen LogP contribution in [0.3, 0.4) is 0 Å². The maximum atomic E-state index is 13.3. The quantitative estimate of drug-likeness (QED) is 0.354. The minimum atomic E-state index is -4.63. The number of pyridine rings is 1. The topological polar surface area (TPSA) is 132 Å². The van der Waals surface area contributed by atoms with Gasteiger partial charge in [-0.3, -0.25) is 4.79 Å². The van der Waals surface area contributed by atoms with Crippen molar-refractivity contribution in [2.45, 2.75) is 38.0 Å². The number of anilines is 1. The Morgan fingerprint density at radius 1 is 1.23 bits per heavy atom. The Hall–Kier alpha value is -4.26. The Labute approximate surface area is 221 Å². The van der Waals surface area contributed by atoms with E-state index in [1.165, 1.54) is 19.2 Å². The molecular formula is C26H26F3N7O3. The second kappa shape index (κ2) is 10.5. The maximum Gasteiger partial charge on any atom is 0.433 e. The predicted octanol–water partition coefficient (Wildman–Crippen LogP) is 4.13. The van der Waals surface area contributed by atoms with Crippen LogP contribution in [-0.4, -0.2) is 52.1 Å². The Morgan fingerprint density at radius 3 is 2.69 bits per heavy atom. The SMILES string of the molecule is COc1ccc(-c2nc(C(=O)NC[C@H]3CCCN3c3ncccn3)c([C@H](C)N)o2)c2ccc(C(F)(F)F)nc12. The molecule has 0 aliphatic carbocycles. The number of carbonyl (C=O) groups is 1. The Balaban J connectivity index is 1.44. The Kier molecular flexibility index (Phi) is 7.08. The molecule has 0 bridgehead atoms. The highest BCUT2D eigenvalue weighted by Gasteiger charge is 2.33. The number of hydrogen-bond donors (Lipinski definition) is 2. The van der Waals surface area contributed by atoms with Gasteiger partial charge in [-0.1, -0.05) is 0 Å². The summed E-state index contributed by atoms with van der Waals surface area (Å²) < 4.78 is 51.1. The molecule has 13 heteroatoms. The number of fused-ring (bicyclic) bond motifs is 1. The average Bonchev–Trinajstić information content (AvgIpc) is 3.58. The summed E-state index contributed by atoms with van der Waals surface area (Å²) in [5.74, 6) is 0.458. The molecule has 1 aliphatic rings. The average molecular weight is 542 g/mol. The summed E-state index contributed by atoms with van der Waals surface area (Å²) in [5, 5.41) is 3.22. The number of alkyl halides is 3. The molecule has 1 aliphatic heterocycles. The summed E-state index contributed by atoms with van der Waals surface area (Å²) in [6, 6.07) is 6.28. The van der Waals surface area contributed by atoms with Gasteiger partial charge in [-0.2, -0.15) is 13.2 Å². The number of amides is 1. The van der Waals surface area contributed by atoms with Crippen molar-refractivity contribution in [2.75, 3.05) is 25.1 Å². The molecule has 4 heterocycles. The summed E-state index contributed by atoms with van der Waals surface area (Å²) >= 11 is 0. The second-order valence-corrected chi connectivity index (χ2v) is 9.17. The maximum absolute atomic E-state index is 13.3. The number of halogens is 3. The van der Waals surface area contributed by atoms with Crippen LogP contribution in [0.5, 0.6) is 5.75 Å². The van der Waals surface area contributed by atoms with Gasteiger partial charge in [0.25, 0.3) is 5.91 Å². The van der Waals surface area contributed by atoms with Gasteiger partial charge in [0.2, 0.25) is 11.8 Å². The van der Waals surface area contributed by atoms with Crippen LogP contribution in [0.25, 0.3) is 22.4 Å². The van der Waals surface area contributed by atoms with Crippen molar-refractivity contribution in [1.82, 2.24) is 25.3 Å². The van der Waals surface area contributed by atoms with E-state index in [4.69, 9.17) is 14.9 Å². The van der Waals surface area contributed by atoms with Crippen LogP contribution < -0.4 is 20.7 Å². The number of nitrogens with two attached hydrogens (primary N) is 1. The molecule has 0 radical (unpaired) electrons. The summed E-state index contributed by atoms with van der Waals surface area (Å²) in [6.45, 7) is 2.75. The van der Waals surface area contributed by atoms with Crippen LogP contribution in [0.4, 0.5) is 19.1 Å². The van der Waals surface area contributed by atoms with Crippen molar-refractivity contribution < 1.29 is 27.1 Å². The summed E-state index contributed by atoms with van der Waals surface area (Å²) in [6.07, 6.45) is 0.502. The monoisotopic (exact) mass is 541 g/mol. The number of nitrogens with zero attached hydrogens (tertiary/aromatic N) is 5. The van der Waals surface area contributed by atoms with Gasteiger partial charge in [-0.25, -0.2) is 19.9 Å². The number of ether oxygens (including phenoxy) is 1. The molecule has 39 heavy (non-hydrogen) atoms. The van der Waals surface area contributed by atoms with E-state index < -0.39 is 23.8 Å². The molecule has 10 nitrogen and oxygen atoms in total. The Morgan fingerprint density at radius 2 is 2.00 bits per heavy atom. The normalized spacial score (nSPS) is 16.5. The lowest BCUT2D eigenvalue weighted by Gasteiger charge is -2.24. The number of oxazole rings is 1. The highest BCUT2D eigenvalue weighted by molar-refractivity contribution is 5.98. The van der Waals surface area contributed by atoms with Crippen LogP contribution >= 0.6 is 0 Å². The van der Waals surface area contributed by atoms with Crippen molar-refractivity contribution >= 4 is 22.8 Å². The summed E-state index contributed by atoms with van der Waals surface area (Å²) in [4.78, 5) is 32.1. The van der Waals surface area contributed by atoms with E-state index in [0.29, 0.717) is 23.4 Å². The van der Waals surface area contributed by atoms with Gasteiger partial charge < -0.3 is 25.1 Å². The van der Waals surface area contributed by atoms with E-state index in [1.807, 2.05) is 4.90 Å². The molecule has 1 aromatic carbocycles. The first kappa shape index (κ1) is 26.4. The molecule has 1 fully saturated rings. The lowest BCUT2D eigenvalue weighted by Crippen LogP contribution is -2.41. The zero-order valence-electron chi connectivity index (χ0n) is 21.2. The van der Waals surface area contributed by atoms with Gasteiger partial charge in [0.1, 0.15) is 17.0 Å². The third kappa shape index (κ3) is 5.21. The van der Waals surface area contributed by atoms with Crippen LogP contribution in [-0.2, 0) is 6.18 Å². The van der Waals surface area contributed by atoms with Gasteiger partial charge >= 0.3 is 6.18 Å². The molecule has 1 amide bonds. The minimum Gasteiger partial charge on any atom is -0.494 e. The molecule has 0 saturated carbocycles. The third-order valence-corrected chi connectivity index (χ3v) is 6.53. The molecule has 5 rings (SSSR count). The van der Waals surface area contributed by atoms with Crippen molar-refractivity contribution in [3.63, 3.8) is 0 Å². The van der Waals surface area contributed by atoms with E-state index in [2.05, 4.69) is 25.3 Å². The highest BCUT2D eigenvalue weighted by Crippen LogP contribution is 2.37. The molecule has 2 atom stereocenters. The minimum absolute atomic E-state index is 0.000839. The lowest BCUT2D eigenvalue weighted by atomic mass is 10.1. The number of aromatic nitrogens is 4. The molecule has 1 saturated heterocycles. The Bertz CT molecular complexity index is 1490. The molecule has 3 N–H and O–H groups in total. The van der Waals surface area contributed by atoms with E-state index in [-0.39, 0.29) is 34.7 Å². The van der Waals surface area contributed by atoms with Crippen LogP contribution in [0.1, 0.15) is 47.7 Å². The number of nitrogens with one attached hydrogen (secondary N) is 1. The number of methoxy groups -OCH3 is 1. The fourth-order valence-corrected chi connectivity index (χ4v) is 4.66. The largest absolute Gasteiger partial charge is 0.494 e. The van der Waals surface area contributed by atoms with Crippen molar-refractivity contribution in [2.24, 2.45) is 5.73 Å². The van der Waals surface area contributed by atoms with E-state index >= 15 is 0 Å². The summed E-state index contributed by atoms with van der Waals surface area (Å²) in [7, 11) is 1.34. The predicted molar refractivity (Wildman–Crippen MR) is 136 cm³/mol. The third-order valence-electron chi connectivity index (χ3n) is 6.53. The molecule has 4 aromatic rings. The number of hydrogen-bond acceptors (Lipinski definition) is 9. The van der Waals surface area contributed by atoms with E-state index in [9.17, 15) is 18.0 Å². The first-order valence-corrected chi connectivity index (χ1v) is 12.3. The van der Waals surface area contributed by atoms with Crippen molar-refractivity contribution in [3.8, 4) is 17.2 Å². The number of benzene rings is 1. The van der Waals surface area contributed by atoms with Gasteiger partial charge in [0.05, 0.1) is 13.2 Å². The first-order chi connectivity index (χ1) is 18.7. The first-order valence-electron chi connectivity index (χ1n) is 12.3. The smallest absolute Gasteiger partial charge is 0.433 e. The van der Waals surface area contributed by atoms with Crippen LogP contribution in [0.15, 0.2) is 47.1 Å². The van der Waals surface area contributed by atoms with Gasteiger partial charge in [0, 0.05) is 42.5 Å². The molecule has 0 spiro atoms. The zero-order chi connectivity index (χ0) is 27.7. The van der Waals surface area contributed by atoms with Gasteiger partial charge in [0.15, 0.2) is 11.5 Å². The zero-order valence-corrected chi connectivity index (χ0v) is 21.2. The standard InChI is InChI=1S/C26H26F3N7O3/c1-14(30)22-21(23(37)33-13-15-5-3-12-36(15)25-31-10-4-11-32-25)35-24(39-22)17-6-8-18(38-2)20-16(17)7-9-19(34-20)26(27,28)29/h4,6-11,14-15H,3,5,12-13,30H2,1-2H3,(H,33,37)/t14-,15+/m0/s1. The number of rotatable bonds is 7. The van der Waals surface area contributed by atoms with Crippen molar-refractivity contribution in [1.29, 1.82) is 0 Å². The lowest BCUT2D eigenvalue weighted by molar-refractivity contribution is -0.140. The summed E-state index contributed by atoms with van der Waals surface area (Å²) in [5.41, 5.74) is 5.37. The van der Waals surface area contributed by atoms with E-state index in [0.717, 1.165) is 25.5 Å². The van der Waals surface area contributed by atoms with Gasteiger partial charge in [-0.15, -0.1) is 0 Å². The molecular weight excluding hydrogens is 515 g/mol. The van der Waals surface area contributed by atoms with Crippen LogP contribution in [0, 0.1) is 0 Å². The molecule has 204 valence electrons. The van der Waals surface area contributed by atoms with Gasteiger partial charge in [-0.05, 0) is 50.1 Å². The number of carbonyl (C=O) groups excluding carboxylic acids is 1. The second-order valence-electron chi connectivity index (χ2n) is 9.17. The van der Waals surface area contributed by atoms with E-state index in [1.54, 1.807) is 31.5 Å². The fraction of sp³-hybridized carbons (Fsp3) is 0.346. The fourth-order valence-electron chi connectivity index (χ4n) is 4.66. The highest BCUT2D eigenvalue weighted by atomic mass is 19.4.